The summed E-state index contributed by atoms with van der Waals surface area (Å²) in [5.74, 6) is -0.0839. The minimum atomic E-state index is -0.0839. The van der Waals surface area contributed by atoms with Crippen molar-refractivity contribution in [2.75, 3.05) is 13.1 Å². The van der Waals surface area contributed by atoms with Crippen molar-refractivity contribution in [3.63, 3.8) is 0 Å². The number of rotatable bonds is 2. The molecule has 3 nitrogen and oxygen atoms in total. The van der Waals surface area contributed by atoms with Crippen LogP contribution in [0, 0.1) is 0 Å². The molecule has 1 saturated heterocycles. The highest BCUT2D eigenvalue weighted by molar-refractivity contribution is 6.30. The van der Waals surface area contributed by atoms with Crippen molar-refractivity contribution in [3.8, 4) is 0 Å². The molecular formula is C11H13ClN2O. The Bertz CT molecular complexity index is 361. The summed E-state index contributed by atoms with van der Waals surface area (Å²) in [4.78, 5) is 11.7. The Kier molecular flexibility index (Phi) is 3.23. The molecule has 0 unspecified atom stereocenters. The van der Waals surface area contributed by atoms with Crippen LogP contribution >= 0.6 is 11.6 Å². The molecule has 1 aromatic rings. The van der Waals surface area contributed by atoms with E-state index < -0.39 is 0 Å². The second-order valence-electron chi connectivity index (χ2n) is 3.65. The van der Waals surface area contributed by atoms with Crippen LogP contribution in [0.2, 0.25) is 5.02 Å². The Balaban J connectivity index is 2.01. The Morgan fingerprint density at radius 2 is 2.07 bits per heavy atom. The summed E-state index contributed by atoms with van der Waals surface area (Å²) >= 11 is 5.81. The fraction of sp³-hybridized carbons (Fsp3) is 0.364. The van der Waals surface area contributed by atoms with Crippen LogP contribution in [0.1, 0.15) is 23.2 Å². The molecular weight excluding hydrogens is 212 g/mol. The average molecular weight is 225 g/mol. The number of hydrogen-bond donors (Lipinski definition) is 1. The van der Waals surface area contributed by atoms with Crippen molar-refractivity contribution in [2.45, 2.75) is 12.8 Å². The topological polar surface area (TPSA) is 32.3 Å². The van der Waals surface area contributed by atoms with Crippen molar-refractivity contribution in [1.29, 1.82) is 0 Å². The summed E-state index contributed by atoms with van der Waals surface area (Å²) in [7, 11) is 0. The molecule has 4 heteroatoms. The number of hydrazine groups is 1. The standard InChI is InChI=1S/C11H13ClN2O/c12-10-5-3-4-9(8-10)11(15)13-14-6-1-2-7-14/h3-5,8H,1-2,6-7H2,(H,13,15). The molecule has 1 aromatic carbocycles. The molecule has 0 spiro atoms. The van der Waals surface area contributed by atoms with Gasteiger partial charge < -0.3 is 0 Å². The minimum absolute atomic E-state index is 0.0839. The second-order valence-corrected chi connectivity index (χ2v) is 4.08. The normalized spacial score (nSPS) is 16.6. The Labute approximate surface area is 94.0 Å². The van der Waals surface area contributed by atoms with Crippen molar-refractivity contribution in [2.24, 2.45) is 0 Å². The Morgan fingerprint density at radius 1 is 1.33 bits per heavy atom. The predicted molar refractivity (Wildman–Crippen MR) is 59.7 cm³/mol. The number of carbonyl (C=O) groups excluding carboxylic acids is 1. The summed E-state index contributed by atoms with van der Waals surface area (Å²) in [6.45, 7) is 1.87. The average Bonchev–Trinajstić information content (AvgIpc) is 2.70. The van der Waals surface area contributed by atoms with E-state index in [2.05, 4.69) is 5.43 Å². The molecule has 2 rings (SSSR count). The smallest absolute Gasteiger partial charge is 0.265 e. The van der Waals surface area contributed by atoms with Crippen molar-refractivity contribution in [3.05, 3.63) is 34.9 Å². The van der Waals surface area contributed by atoms with Gasteiger partial charge in [0, 0.05) is 23.7 Å². The number of benzene rings is 1. The van der Waals surface area contributed by atoms with E-state index in [1.54, 1.807) is 24.3 Å². The first-order valence-corrected chi connectivity index (χ1v) is 5.45. The molecule has 0 bridgehead atoms. The van der Waals surface area contributed by atoms with Gasteiger partial charge in [-0.1, -0.05) is 17.7 Å². The lowest BCUT2D eigenvalue weighted by Crippen LogP contribution is -2.39. The third-order valence-electron chi connectivity index (χ3n) is 2.45. The zero-order valence-electron chi connectivity index (χ0n) is 8.37. The highest BCUT2D eigenvalue weighted by Gasteiger charge is 2.14. The van der Waals surface area contributed by atoms with Crippen LogP contribution in [0.25, 0.3) is 0 Å². The van der Waals surface area contributed by atoms with Crippen LogP contribution in [0.5, 0.6) is 0 Å². The molecule has 80 valence electrons. The van der Waals surface area contributed by atoms with Crippen molar-refractivity contribution in [1.82, 2.24) is 10.4 Å². The first-order valence-electron chi connectivity index (χ1n) is 5.07. The Hall–Kier alpha value is -1.06. The fourth-order valence-electron chi connectivity index (χ4n) is 1.67. The maximum atomic E-state index is 11.7. The molecule has 1 aliphatic heterocycles. The molecule has 0 aromatic heterocycles. The molecule has 1 heterocycles. The van der Waals surface area contributed by atoms with E-state index in [0.717, 1.165) is 25.9 Å². The SMILES string of the molecule is O=C(NN1CCCC1)c1cccc(Cl)c1. The Morgan fingerprint density at radius 3 is 2.73 bits per heavy atom. The fourth-order valence-corrected chi connectivity index (χ4v) is 1.86. The molecule has 0 radical (unpaired) electrons. The summed E-state index contributed by atoms with van der Waals surface area (Å²) in [6, 6.07) is 6.97. The maximum Gasteiger partial charge on any atom is 0.265 e. The maximum absolute atomic E-state index is 11.7. The number of halogens is 1. The minimum Gasteiger partial charge on any atom is -0.285 e. The van der Waals surface area contributed by atoms with Gasteiger partial charge in [-0.2, -0.15) is 0 Å². The molecule has 1 amide bonds. The van der Waals surface area contributed by atoms with Crippen LogP contribution in [0.3, 0.4) is 0 Å². The van der Waals surface area contributed by atoms with Crippen LogP contribution in [-0.4, -0.2) is 24.0 Å². The van der Waals surface area contributed by atoms with Gasteiger partial charge >= 0.3 is 0 Å². The van der Waals surface area contributed by atoms with Gasteiger partial charge in [-0.25, -0.2) is 5.01 Å². The van der Waals surface area contributed by atoms with E-state index in [9.17, 15) is 4.79 Å². The van der Waals surface area contributed by atoms with Crippen LogP contribution in [0.15, 0.2) is 24.3 Å². The largest absolute Gasteiger partial charge is 0.285 e. The van der Waals surface area contributed by atoms with E-state index in [1.165, 1.54) is 0 Å². The molecule has 0 atom stereocenters. The monoisotopic (exact) mass is 224 g/mol. The number of nitrogens with one attached hydrogen (secondary N) is 1. The third kappa shape index (κ3) is 2.70. The highest BCUT2D eigenvalue weighted by atomic mass is 35.5. The van der Waals surface area contributed by atoms with Crippen LogP contribution < -0.4 is 5.43 Å². The summed E-state index contributed by atoms with van der Waals surface area (Å²) in [5, 5.41) is 2.53. The summed E-state index contributed by atoms with van der Waals surface area (Å²) in [5.41, 5.74) is 3.46. The van der Waals surface area contributed by atoms with Crippen LogP contribution in [-0.2, 0) is 0 Å². The molecule has 0 aliphatic carbocycles. The number of amides is 1. The lowest BCUT2D eigenvalue weighted by molar-refractivity contribution is 0.0826. The molecule has 15 heavy (non-hydrogen) atoms. The van der Waals surface area contributed by atoms with Gasteiger partial charge in [0.25, 0.3) is 5.91 Å². The van der Waals surface area contributed by atoms with Crippen molar-refractivity contribution >= 4 is 17.5 Å². The van der Waals surface area contributed by atoms with E-state index >= 15 is 0 Å². The molecule has 1 N–H and O–H groups in total. The lowest BCUT2D eigenvalue weighted by Gasteiger charge is -2.16. The van der Waals surface area contributed by atoms with Gasteiger partial charge in [-0.15, -0.1) is 0 Å². The van der Waals surface area contributed by atoms with Crippen molar-refractivity contribution < 1.29 is 4.79 Å². The summed E-state index contributed by atoms with van der Waals surface area (Å²) in [6.07, 6.45) is 2.30. The molecule has 1 aliphatic rings. The van der Waals surface area contributed by atoms with Gasteiger partial charge in [0.05, 0.1) is 0 Å². The van der Waals surface area contributed by atoms with Gasteiger partial charge in [-0.05, 0) is 31.0 Å². The zero-order chi connectivity index (χ0) is 10.7. The van der Waals surface area contributed by atoms with Gasteiger partial charge in [0.2, 0.25) is 0 Å². The number of hydrogen-bond acceptors (Lipinski definition) is 2. The van der Waals surface area contributed by atoms with Gasteiger partial charge in [0.15, 0.2) is 0 Å². The van der Waals surface area contributed by atoms with E-state index in [1.807, 2.05) is 5.01 Å². The zero-order valence-corrected chi connectivity index (χ0v) is 9.13. The van der Waals surface area contributed by atoms with E-state index in [4.69, 9.17) is 11.6 Å². The molecule has 0 saturated carbocycles. The lowest BCUT2D eigenvalue weighted by atomic mass is 10.2. The first-order chi connectivity index (χ1) is 7.25. The highest BCUT2D eigenvalue weighted by Crippen LogP contribution is 2.11. The molecule has 1 fully saturated rings. The quantitative estimate of drug-likeness (QED) is 0.834. The third-order valence-corrected chi connectivity index (χ3v) is 2.69. The summed E-state index contributed by atoms with van der Waals surface area (Å²) < 4.78 is 0. The first kappa shape index (κ1) is 10.5. The van der Waals surface area contributed by atoms with Crippen LogP contribution in [0.4, 0.5) is 0 Å². The van der Waals surface area contributed by atoms with Gasteiger partial charge in [-0.3, -0.25) is 10.2 Å². The number of carbonyl (C=O) groups is 1. The predicted octanol–water partition coefficient (Wildman–Crippen LogP) is 2.08. The number of nitrogens with zero attached hydrogens (tertiary/aromatic N) is 1. The second kappa shape index (κ2) is 4.64. The van der Waals surface area contributed by atoms with E-state index in [-0.39, 0.29) is 5.91 Å². The van der Waals surface area contributed by atoms with Gasteiger partial charge in [0.1, 0.15) is 0 Å². The van der Waals surface area contributed by atoms with E-state index in [0.29, 0.717) is 10.6 Å².